The van der Waals surface area contributed by atoms with Crippen molar-refractivity contribution in [2.45, 2.75) is 13.5 Å². The van der Waals surface area contributed by atoms with Crippen molar-refractivity contribution in [3.8, 4) is 10.6 Å². The predicted octanol–water partition coefficient (Wildman–Crippen LogP) is 4.14. The Hall–Kier alpha value is -3.39. The second kappa shape index (κ2) is 7.32. The number of halogens is 1. The average molecular weight is 394 g/mol. The minimum atomic E-state index is -0.515. The van der Waals surface area contributed by atoms with Gasteiger partial charge in [-0.2, -0.15) is 0 Å². The van der Waals surface area contributed by atoms with Gasteiger partial charge in [-0.3, -0.25) is 0 Å². The summed E-state index contributed by atoms with van der Waals surface area (Å²) in [5.74, 6) is -0.181. The molecule has 0 aliphatic carbocycles. The first-order valence-electron chi connectivity index (χ1n) is 8.43. The molecule has 140 valence electrons. The third-order valence-corrected chi connectivity index (χ3v) is 5.27. The SMILES string of the molecule is Cc1nc(-c2ccc(F)cc2)sc1C(=O)OCc1nc(N)c2ccccc2n1. The minimum Gasteiger partial charge on any atom is -0.453 e. The van der Waals surface area contributed by atoms with E-state index in [9.17, 15) is 9.18 Å². The lowest BCUT2D eigenvalue weighted by atomic mass is 10.2. The van der Waals surface area contributed by atoms with Crippen molar-refractivity contribution in [2.24, 2.45) is 0 Å². The predicted molar refractivity (Wildman–Crippen MR) is 105 cm³/mol. The standard InChI is InChI=1S/C20H15FN4O2S/c1-11-17(28-19(23-11)12-6-8-13(21)9-7-12)20(26)27-10-16-24-15-5-3-2-4-14(15)18(22)25-16/h2-9H,10H2,1H3,(H2,22,24,25). The number of esters is 1. The van der Waals surface area contributed by atoms with Crippen LogP contribution in [-0.2, 0) is 11.3 Å². The molecule has 0 spiro atoms. The van der Waals surface area contributed by atoms with E-state index in [2.05, 4.69) is 15.0 Å². The van der Waals surface area contributed by atoms with E-state index in [1.54, 1.807) is 19.1 Å². The molecule has 2 N–H and O–H groups in total. The number of rotatable bonds is 4. The van der Waals surface area contributed by atoms with Gasteiger partial charge in [0.15, 0.2) is 12.4 Å². The number of nitrogen functional groups attached to an aromatic ring is 1. The number of nitrogens with zero attached hydrogens (tertiary/aromatic N) is 3. The fourth-order valence-electron chi connectivity index (χ4n) is 2.71. The van der Waals surface area contributed by atoms with Crippen LogP contribution in [0.25, 0.3) is 21.5 Å². The quantitative estimate of drug-likeness (QED) is 0.523. The third kappa shape index (κ3) is 3.54. The summed E-state index contributed by atoms with van der Waals surface area (Å²) in [5, 5.41) is 1.37. The van der Waals surface area contributed by atoms with Gasteiger partial charge in [-0.1, -0.05) is 12.1 Å². The molecule has 2 aromatic carbocycles. The third-order valence-electron chi connectivity index (χ3n) is 4.08. The Morgan fingerprint density at radius 2 is 1.86 bits per heavy atom. The number of anilines is 1. The topological polar surface area (TPSA) is 91.0 Å². The number of carbonyl (C=O) groups excluding carboxylic acids is 1. The van der Waals surface area contributed by atoms with Gasteiger partial charge in [0.1, 0.15) is 21.5 Å². The highest BCUT2D eigenvalue weighted by Gasteiger charge is 2.18. The molecule has 6 nitrogen and oxygen atoms in total. The second-order valence-corrected chi connectivity index (χ2v) is 7.06. The zero-order chi connectivity index (χ0) is 19.7. The molecule has 0 bridgehead atoms. The van der Waals surface area contributed by atoms with Gasteiger partial charge in [-0.15, -0.1) is 11.3 Å². The summed E-state index contributed by atoms with van der Waals surface area (Å²) >= 11 is 1.19. The molecule has 0 fully saturated rings. The average Bonchev–Trinajstić information content (AvgIpc) is 3.08. The number of benzene rings is 2. The van der Waals surface area contributed by atoms with E-state index in [1.807, 2.05) is 24.3 Å². The van der Waals surface area contributed by atoms with Crippen molar-refractivity contribution in [3.05, 3.63) is 70.7 Å². The summed E-state index contributed by atoms with van der Waals surface area (Å²) in [6, 6.07) is 13.3. The van der Waals surface area contributed by atoms with E-state index in [0.29, 0.717) is 32.7 Å². The van der Waals surface area contributed by atoms with Gasteiger partial charge in [-0.25, -0.2) is 24.1 Å². The van der Waals surface area contributed by atoms with E-state index in [1.165, 1.54) is 23.5 Å². The van der Waals surface area contributed by atoms with E-state index in [-0.39, 0.29) is 12.4 Å². The molecule has 0 saturated heterocycles. The van der Waals surface area contributed by atoms with Crippen LogP contribution in [-0.4, -0.2) is 20.9 Å². The number of carbonyl (C=O) groups is 1. The van der Waals surface area contributed by atoms with Crippen LogP contribution in [0, 0.1) is 12.7 Å². The number of aromatic nitrogens is 3. The van der Waals surface area contributed by atoms with Crippen LogP contribution in [0.4, 0.5) is 10.2 Å². The first-order valence-corrected chi connectivity index (χ1v) is 9.24. The van der Waals surface area contributed by atoms with Crippen LogP contribution in [0.1, 0.15) is 21.2 Å². The Morgan fingerprint density at radius 3 is 2.64 bits per heavy atom. The number of hydrogen-bond donors (Lipinski definition) is 1. The summed E-state index contributed by atoms with van der Waals surface area (Å²) in [6.45, 7) is 1.63. The first-order chi connectivity index (χ1) is 13.5. The minimum absolute atomic E-state index is 0.100. The molecule has 4 rings (SSSR count). The summed E-state index contributed by atoms with van der Waals surface area (Å²) in [4.78, 5) is 25.8. The fourth-order valence-corrected chi connectivity index (χ4v) is 3.68. The van der Waals surface area contributed by atoms with Crippen LogP contribution in [0.5, 0.6) is 0 Å². The highest BCUT2D eigenvalue weighted by molar-refractivity contribution is 7.17. The molecule has 2 heterocycles. The Kier molecular flexibility index (Phi) is 4.70. The van der Waals surface area contributed by atoms with Crippen molar-refractivity contribution in [3.63, 3.8) is 0 Å². The summed E-state index contributed by atoms with van der Waals surface area (Å²) in [7, 11) is 0. The van der Waals surface area contributed by atoms with E-state index < -0.39 is 5.97 Å². The summed E-state index contributed by atoms with van der Waals surface area (Å²) in [6.07, 6.45) is 0. The zero-order valence-electron chi connectivity index (χ0n) is 14.8. The molecule has 0 aliphatic heterocycles. The lowest BCUT2D eigenvalue weighted by Gasteiger charge is -2.06. The highest BCUT2D eigenvalue weighted by atomic mass is 32.1. The lowest BCUT2D eigenvalue weighted by molar-refractivity contribution is 0.0467. The molecular weight excluding hydrogens is 379 g/mol. The number of fused-ring (bicyclic) bond motifs is 1. The van der Waals surface area contributed by atoms with Gasteiger partial charge in [-0.05, 0) is 43.3 Å². The molecular formula is C20H15FN4O2S. The zero-order valence-corrected chi connectivity index (χ0v) is 15.7. The monoisotopic (exact) mass is 394 g/mol. The molecule has 4 aromatic rings. The molecule has 8 heteroatoms. The van der Waals surface area contributed by atoms with Crippen LogP contribution < -0.4 is 5.73 Å². The molecule has 0 amide bonds. The molecule has 0 saturated carbocycles. The highest BCUT2D eigenvalue weighted by Crippen LogP contribution is 2.28. The first kappa shape index (κ1) is 18.0. The second-order valence-electron chi connectivity index (χ2n) is 6.06. The van der Waals surface area contributed by atoms with Crippen molar-refractivity contribution in [2.75, 3.05) is 5.73 Å². The number of nitrogens with two attached hydrogens (primary N) is 1. The van der Waals surface area contributed by atoms with Crippen molar-refractivity contribution >= 4 is 34.0 Å². The van der Waals surface area contributed by atoms with E-state index in [0.717, 1.165) is 10.9 Å². The van der Waals surface area contributed by atoms with Crippen LogP contribution in [0.2, 0.25) is 0 Å². The maximum Gasteiger partial charge on any atom is 0.350 e. The molecule has 0 unspecified atom stereocenters. The van der Waals surface area contributed by atoms with Crippen molar-refractivity contribution in [1.82, 2.24) is 15.0 Å². The van der Waals surface area contributed by atoms with Gasteiger partial charge in [0.25, 0.3) is 0 Å². The largest absolute Gasteiger partial charge is 0.453 e. The number of hydrogen-bond acceptors (Lipinski definition) is 7. The maximum atomic E-state index is 13.1. The fraction of sp³-hybridized carbons (Fsp3) is 0.100. The summed E-state index contributed by atoms with van der Waals surface area (Å²) < 4.78 is 18.4. The maximum absolute atomic E-state index is 13.1. The Morgan fingerprint density at radius 1 is 1.11 bits per heavy atom. The van der Waals surface area contributed by atoms with Crippen LogP contribution in [0.15, 0.2) is 48.5 Å². The Labute approximate surface area is 163 Å². The smallest absolute Gasteiger partial charge is 0.350 e. The number of para-hydroxylation sites is 1. The van der Waals surface area contributed by atoms with Crippen molar-refractivity contribution < 1.29 is 13.9 Å². The molecule has 0 radical (unpaired) electrons. The van der Waals surface area contributed by atoms with Gasteiger partial charge in [0.05, 0.1) is 11.2 Å². The van der Waals surface area contributed by atoms with Gasteiger partial charge < -0.3 is 10.5 Å². The molecule has 0 aliphatic rings. The van der Waals surface area contributed by atoms with E-state index in [4.69, 9.17) is 10.5 Å². The molecule has 0 atom stereocenters. The van der Waals surface area contributed by atoms with Crippen LogP contribution >= 0.6 is 11.3 Å². The van der Waals surface area contributed by atoms with Gasteiger partial charge >= 0.3 is 5.97 Å². The van der Waals surface area contributed by atoms with Gasteiger partial charge in [0.2, 0.25) is 0 Å². The normalized spacial score (nSPS) is 10.9. The van der Waals surface area contributed by atoms with E-state index >= 15 is 0 Å². The Bertz CT molecular complexity index is 1170. The van der Waals surface area contributed by atoms with Gasteiger partial charge in [0, 0.05) is 10.9 Å². The molecule has 28 heavy (non-hydrogen) atoms. The number of thiazole rings is 1. The number of aryl methyl sites for hydroxylation is 1. The Balaban J connectivity index is 1.52. The number of ether oxygens (including phenoxy) is 1. The van der Waals surface area contributed by atoms with Crippen molar-refractivity contribution in [1.29, 1.82) is 0 Å². The van der Waals surface area contributed by atoms with Crippen LogP contribution in [0.3, 0.4) is 0 Å². The summed E-state index contributed by atoms with van der Waals surface area (Å²) in [5.41, 5.74) is 7.92. The lowest BCUT2D eigenvalue weighted by Crippen LogP contribution is -2.08. The molecule has 2 aromatic heterocycles.